The van der Waals surface area contributed by atoms with E-state index in [1.807, 2.05) is 19.1 Å². The molecule has 118 valence electrons. The summed E-state index contributed by atoms with van der Waals surface area (Å²) in [4.78, 5) is 10.7. The van der Waals surface area contributed by atoms with Crippen molar-refractivity contribution in [2.75, 3.05) is 0 Å². The van der Waals surface area contributed by atoms with Gasteiger partial charge in [-0.2, -0.15) is 0 Å². The number of hydrogen-bond donors (Lipinski definition) is 0. The molecule has 0 fully saturated rings. The molecule has 0 atom stereocenters. The number of aldehydes is 1. The summed E-state index contributed by atoms with van der Waals surface area (Å²) < 4.78 is 5.63. The first-order valence-electron chi connectivity index (χ1n) is 7.94. The molecule has 0 heterocycles. The molecule has 0 N–H and O–H groups in total. The highest BCUT2D eigenvalue weighted by Gasteiger charge is 1.98. The van der Waals surface area contributed by atoms with Gasteiger partial charge in [0.25, 0.3) is 0 Å². The molecule has 22 heavy (non-hydrogen) atoms. The van der Waals surface area contributed by atoms with Crippen LogP contribution < -0.4 is 4.74 Å². The number of aryl methyl sites for hydroxylation is 1. The number of benzene rings is 1. The molecule has 0 aliphatic heterocycles. The average Bonchev–Trinajstić information content (AvgIpc) is 2.54. The minimum atomic E-state index is 0.511. The van der Waals surface area contributed by atoms with E-state index in [9.17, 15) is 4.79 Å². The Hall–Kier alpha value is -2.09. The summed E-state index contributed by atoms with van der Waals surface area (Å²) in [5.41, 5.74) is 1.94. The normalized spacial score (nSPS) is 11.6. The van der Waals surface area contributed by atoms with Gasteiger partial charge >= 0.3 is 0 Å². The van der Waals surface area contributed by atoms with Gasteiger partial charge < -0.3 is 4.74 Å². The first-order valence-corrected chi connectivity index (χ1v) is 7.94. The van der Waals surface area contributed by atoms with Gasteiger partial charge in [0.2, 0.25) is 0 Å². The quantitative estimate of drug-likeness (QED) is 0.190. The third-order valence-electron chi connectivity index (χ3n) is 3.42. The molecule has 0 radical (unpaired) electrons. The lowest BCUT2D eigenvalue weighted by Crippen LogP contribution is -1.92. The minimum absolute atomic E-state index is 0.511. The average molecular weight is 298 g/mol. The summed E-state index contributed by atoms with van der Waals surface area (Å²) in [6.07, 6.45) is 12.2. The number of unbranched alkanes of at least 4 members (excludes halogenated alkanes) is 3. The predicted molar refractivity (Wildman–Crippen MR) is 93.0 cm³/mol. The molecule has 0 spiro atoms. The van der Waals surface area contributed by atoms with E-state index in [0.29, 0.717) is 11.3 Å². The van der Waals surface area contributed by atoms with E-state index in [1.165, 1.54) is 31.2 Å². The topological polar surface area (TPSA) is 26.3 Å². The predicted octanol–water partition coefficient (Wildman–Crippen LogP) is 5.40. The Morgan fingerprint density at radius 3 is 2.45 bits per heavy atom. The Morgan fingerprint density at radius 2 is 1.86 bits per heavy atom. The van der Waals surface area contributed by atoms with Crippen LogP contribution in [0, 0.1) is 0 Å². The van der Waals surface area contributed by atoms with Crippen LogP contribution in [-0.2, 0) is 11.2 Å². The summed E-state index contributed by atoms with van der Waals surface area (Å²) in [7, 11) is 0. The fourth-order valence-corrected chi connectivity index (χ4v) is 2.06. The van der Waals surface area contributed by atoms with Crippen LogP contribution in [-0.4, -0.2) is 6.29 Å². The molecule has 2 nitrogen and oxygen atoms in total. The zero-order chi connectivity index (χ0) is 16.2. The lowest BCUT2D eigenvalue weighted by molar-refractivity contribution is -0.104. The molecular weight excluding hydrogens is 272 g/mol. The Balaban J connectivity index is 2.46. The molecule has 0 unspecified atom stereocenters. The molecule has 0 bridgehead atoms. The lowest BCUT2D eigenvalue weighted by Gasteiger charge is -2.06. The molecule has 2 heteroatoms. The second-order valence-corrected chi connectivity index (χ2v) is 5.26. The van der Waals surface area contributed by atoms with Crippen molar-refractivity contribution in [1.82, 2.24) is 0 Å². The lowest BCUT2D eigenvalue weighted by atomic mass is 10.1. The zero-order valence-electron chi connectivity index (χ0n) is 13.7. The van der Waals surface area contributed by atoms with Crippen molar-refractivity contribution in [2.24, 2.45) is 0 Å². The van der Waals surface area contributed by atoms with Crippen molar-refractivity contribution in [3.63, 3.8) is 0 Å². The van der Waals surface area contributed by atoms with Gasteiger partial charge in [0.1, 0.15) is 17.8 Å². The van der Waals surface area contributed by atoms with E-state index < -0.39 is 0 Å². The van der Waals surface area contributed by atoms with Crippen LogP contribution in [0.5, 0.6) is 5.75 Å². The molecule has 0 aliphatic rings. The standard InChI is InChI=1S/C20H26O2/c1-4-6-7-8-9-19-12-14-20(15-13-19)22-17(3)10-11-18(5-2)16-21/h5,10-16H,3-4,6-9H2,1-2H3/b11-10-,18-5+. The fourth-order valence-electron chi connectivity index (χ4n) is 2.06. The first-order chi connectivity index (χ1) is 10.7. The van der Waals surface area contributed by atoms with E-state index in [-0.39, 0.29) is 0 Å². The minimum Gasteiger partial charge on any atom is -0.458 e. The Kier molecular flexibility index (Phi) is 8.66. The number of carbonyl (C=O) groups is 1. The highest BCUT2D eigenvalue weighted by atomic mass is 16.5. The first kappa shape index (κ1) is 18.0. The molecular formula is C20H26O2. The van der Waals surface area contributed by atoms with Gasteiger partial charge in [0.05, 0.1) is 0 Å². The molecule has 1 rings (SSSR count). The SMILES string of the molecule is C=C(/C=C\C(C=O)=C/C)Oc1ccc(CCCCCC)cc1. The number of hydrogen-bond acceptors (Lipinski definition) is 2. The van der Waals surface area contributed by atoms with Crippen molar-refractivity contribution >= 4 is 6.29 Å². The summed E-state index contributed by atoms with van der Waals surface area (Å²) in [6.45, 7) is 7.87. The summed E-state index contributed by atoms with van der Waals surface area (Å²) in [6, 6.07) is 8.12. The van der Waals surface area contributed by atoms with Crippen LogP contribution in [0.25, 0.3) is 0 Å². The van der Waals surface area contributed by atoms with Crippen molar-refractivity contribution in [1.29, 1.82) is 0 Å². The van der Waals surface area contributed by atoms with E-state index >= 15 is 0 Å². The van der Waals surface area contributed by atoms with Crippen LogP contribution in [0.1, 0.15) is 45.1 Å². The van der Waals surface area contributed by atoms with Crippen molar-refractivity contribution in [3.8, 4) is 5.75 Å². The second kappa shape index (κ2) is 10.6. The van der Waals surface area contributed by atoms with Gasteiger partial charge in [-0.25, -0.2) is 0 Å². The Bertz CT molecular complexity index is 521. The van der Waals surface area contributed by atoms with Gasteiger partial charge in [0.15, 0.2) is 0 Å². The van der Waals surface area contributed by atoms with Crippen LogP contribution in [0.4, 0.5) is 0 Å². The summed E-state index contributed by atoms with van der Waals surface area (Å²) >= 11 is 0. The van der Waals surface area contributed by atoms with Crippen LogP contribution in [0.2, 0.25) is 0 Å². The molecule has 0 amide bonds. The maximum absolute atomic E-state index is 10.7. The third kappa shape index (κ3) is 7.07. The third-order valence-corrected chi connectivity index (χ3v) is 3.42. The highest BCUT2D eigenvalue weighted by molar-refractivity contribution is 5.77. The fraction of sp³-hybridized carbons (Fsp3) is 0.350. The van der Waals surface area contributed by atoms with Crippen LogP contribution in [0.15, 0.2) is 60.4 Å². The maximum Gasteiger partial charge on any atom is 0.149 e. The second-order valence-electron chi connectivity index (χ2n) is 5.26. The number of rotatable bonds is 10. The van der Waals surface area contributed by atoms with E-state index in [2.05, 4.69) is 25.6 Å². The molecule has 0 aromatic heterocycles. The largest absolute Gasteiger partial charge is 0.458 e. The summed E-state index contributed by atoms with van der Waals surface area (Å²) in [5.74, 6) is 1.27. The highest BCUT2D eigenvalue weighted by Crippen LogP contribution is 2.17. The van der Waals surface area contributed by atoms with Gasteiger partial charge in [-0.1, -0.05) is 51.0 Å². The van der Waals surface area contributed by atoms with Crippen molar-refractivity contribution in [2.45, 2.75) is 46.0 Å². The van der Waals surface area contributed by atoms with Gasteiger partial charge in [-0.3, -0.25) is 4.79 Å². The zero-order valence-corrected chi connectivity index (χ0v) is 13.7. The van der Waals surface area contributed by atoms with Gasteiger partial charge in [0, 0.05) is 5.57 Å². The molecule has 0 saturated carbocycles. The number of carbonyl (C=O) groups excluding carboxylic acids is 1. The van der Waals surface area contributed by atoms with E-state index in [0.717, 1.165) is 18.5 Å². The maximum atomic E-state index is 10.7. The molecule has 1 aromatic rings. The van der Waals surface area contributed by atoms with Crippen LogP contribution in [0.3, 0.4) is 0 Å². The Labute approximate surface area is 134 Å². The smallest absolute Gasteiger partial charge is 0.149 e. The van der Waals surface area contributed by atoms with Crippen molar-refractivity contribution < 1.29 is 9.53 Å². The monoisotopic (exact) mass is 298 g/mol. The summed E-state index contributed by atoms with van der Waals surface area (Å²) in [5, 5.41) is 0. The van der Waals surface area contributed by atoms with Crippen molar-refractivity contribution in [3.05, 3.63) is 66.0 Å². The van der Waals surface area contributed by atoms with E-state index in [1.54, 1.807) is 18.2 Å². The van der Waals surface area contributed by atoms with Gasteiger partial charge in [-0.15, -0.1) is 0 Å². The number of ether oxygens (including phenoxy) is 1. The van der Waals surface area contributed by atoms with Crippen LogP contribution >= 0.6 is 0 Å². The molecule has 1 aromatic carbocycles. The van der Waals surface area contributed by atoms with Gasteiger partial charge in [-0.05, 0) is 49.6 Å². The Morgan fingerprint density at radius 1 is 1.14 bits per heavy atom. The number of allylic oxidation sites excluding steroid dienone is 4. The van der Waals surface area contributed by atoms with E-state index in [4.69, 9.17) is 4.74 Å². The molecule has 0 saturated heterocycles. The molecule has 0 aliphatic carbocycles.